The second kappa shape index (κ2) is 6.88. The van der Waals surface area contributed by atoms with Gasteiger partial charge in [-0.15, -0.1) is 0 Å². The molecule has 116 valence electrons. The summed E-state index contributed by atoms with van der Waals surface area (Å²) in [6.45, 7) is 1.80. The maximum Gasteiger partial charge on any atom is 0.179 e. The normalized spacial score (nSPS) is 17.2. The van der Waals surface area contributed by atoms with Crippen LogP contribution in [-0.2, 0) is 0 Å². The molecular weight excluding hydrogens is 284 g/mol. The first-order chi connectivity index (χ1) is 10.7. The van der Waals surface area contributed by atoms with E-state index in [4.69, 9.17) is 4.74 Å². The molecule has 1 aliphatic rings. The quantitative estimate of drug-likeness (QED) is 0.823. The maximum absolute atomic E-state index is 13.6. The number of halogens is 2. The second-order valence-electron chi connectivity index (χ2n) is 5.58. The van der Waals surface area contributed by atoms with Gasteiger partial charge in [-0.2, -0.15) is 0 Å². The summed E-state index contributed by atoms with van der Waals surface area (Å²) in [5.41, 5.74) is 0.756. The Labute approximate surface area is 129 Å². The molecule has 0 aliphatic carbocycles. The van der Waals surface area contributed by atoms with E-state index >= 15 is 0 Å². The Morgan fingerprint density at radius 3 is 2.23 bits per heavy atom. The lowest BCUT2D eigenvalue weighted by Crippen LogP contribution is -2.36. The first-order valence-corrected chi connectivity index (χ1v) is 7.64. The lowest BCUT2D eigenvalue weighted by Gasteiger charge is -2.34. The second-order valence-corrected chi connectivity index (χ2v) is 5.58. The van der Waals surface area contributed by atoms with Crippen molar-refractivity contribution in [3.8, 4) is 5.75 Å². The van der Waals surface area contributed by atoms with Gasteiger partial charge in [-0.3, -0.25) is 4.90 Å². The van der Waals surface area contributed by atoms with E-state index in [1.807, 2.05) is 6.07 Å². The number of hydrogen-bond acceptors (Lipinski definition) is 2. The van der Waals surface area contributed by atoms with Crippen molar-refractivity contribution in [1.82, 2.24) is 4.90 Å². The largest absolute Gasteiger partial charge is 0.471 e. The maximum atomic E-state index is 13.6. The van der Waals surface area contributed by atoms with Gasteiger partial charge in [-0.05, 0) is 37.1 Å². The lowest BCUT2D eigenvalue weighted by atomic mass is 10.1. The summed E-state index contributed by atoms with van der Waals surface area (Å²) in [6.07, 6.45) is 3.00. The standard InChI is InChI=1S/C18H19F2NO/c19-15-7-4-6-14(12-15)18(21-10-2-1-3-11-21)22-17-9-5-8-16(20)13-17/h4-9,12-13,18H,1-3,10-11H2. The SMILES string of the molecule is Fc1cccc(OC(c2cccc(F)c2)N2CCCCC2)c1. The molecule has 1 unspecified atom stereocenters. The van der Waals surface area contributed by atoms with E-state index in [1.165, 1.54) is 30.7 Å². The van der Waals surface area contributed by atoms with Crippen LogP contribution in [0.3, 0.4) is 0 Å². The third kappa shape index (κ3) is 3.63. The summed E-state index contributed by atoms with van der Waals surface area (Å²) in [4.78, 5) is 2.18. The van der Waals surface area contributed by atoms with Crippen molar-refractivity contribution in [1.29, 1.82) is 0 Å². The highest BCUT2D eigenvalue weighted by Gasteiger charge is 2.24. The molecule has 0 radical (unpaired) electrons. The number of nitrogens with zero attached hydrogens (tertiary/aromatic N) is 1. The number of hydrogen-bond donors (Lipinski definition) is 0. The Morgan fingerprint density at radius 2 is 1.55 bits per heavy atom. The monoisotopic (exact) mass is 303 g/mol. The molecule has 22 heavy (non-hydrogen) atoms. The number of ether oxygens (including phenoxy) is 1. The zero-order valence-corrected chi connectivity index (χ0v) is 12.3. The Balaban J connectivity index is 1.88. The van der Waals surface area contributed by atoms with E-state index in [2.05, 4.69) is 4.90 Å². The predicted molar refractivity (Wildman–Crippen MR) is 81.6 cm³/mol. The van der Waals surface area contributed by atoms with Crippen molar-refractivity contribution >= 4 is 0 Å². The van der Waals surface area contributed by atoms with Gasteiger partial charge >= 0.3 is 0 Å². The minimum absolute atomic E-state index is 0.289. The van der Waals surface area contributed by atoms with Crippen molar-refractivity contribution in [2.75, 3.05) is 13.1 Å². The molecule has 1 atom stereocenters. The smallest absolute Gasteiger partial charge is 0.179 e. The van der Waals surface area contributed by atoms with Gasteiger partial charge in [-0.25, -0.2) is 8.78 Å². The minimum Gasteiger partial charge on any atom is -0.471 e. The number of rotatable bonds is 4. The molecule has 1 fully saturated rings. The van der Waals surface area contributed by atoms with Crippen LogP contribution in [0.2, 0.25) is 0 Å². The summed E-state index contributed by atoms with van der Waals surface area (Å²) in [7, 11) is 0. The van der Waals surface area contributed by atoms with Gasteiger partial charge in [0.05, 0.1) is 0 Å². The van der Waals surface area contributed by atoms with Crippen LogP contribution in [0.15, 0.2) is 48.5 Å². The fourth-order valence-corrected chi connectivity index (χ4v) is 2.84. The molecule has 2 nitrogen and oxygen atoms in total. The van der Waals surface area contributed by atoms with E-state index in [-0.39, 0.29) is 11.6 Å². The average molecular weight is 303 g/mol. The highest BCUT2D eigenvalue weighted by molar-refractivity contribution is 5.25. The van der Waals surface area contributed by atoms with E-state index < -0.39 is 6.23 Å². The molecule has 0 saturated carbocycles. The molecule has 1 heterocycles. The van der Waals surface area contributed by atoms with Crippen molar-refractivity contribution < 1.29 is 13.5 Å². The minimum atomic E-state index is -0.391. The molecular formula is C18H19F2NO. The number of piperidine rings is 1. The fraction of sp³-hybridized carbons (Fsp3) is 0.333. The first kappa shape index (κ1) is 15.0. The van der Waals surface area contributed by atoms with Crippen LogP contribution in [0.4, 0.5) is 8.78 Å². The summed E-state index contributed by atoms with van der Waals surface area (Å²) >= 11 is 0. The lowest BCUT2D eigenvalue weighted by molar-refractivity contribution is 0.0101. The summed E-state index contributed by atoms with van der Waals surface area (Å²) < 4.78 is 32.9. The molecule has 0 aromatic heterocycles. The zero-order valence-electron chi connectivity index (χ0n) is 12.3. The number of benzene rings is 2. The molecule has 2 aromatic carbocycles. The summed E-state index contributed by atoms with van der Waals surface area (Å²) in [5.74, 6) is -0.170. The predicted octanol–water partition coefficient (Wildman–Crippen LogP) is 4.53. The molecule has 0 bridgehead atoms. The molecule has 1 aliphatic heterocycles. The zero-order chi connectivity index (χ0) is 15.4. The third-order valence-electron chi connectivity index (χ3n) is 3.90. The van der Waals surface area contributed by atoms with E-state index in [0.29, 0.717) is 5.75 Å². The van der Waals surface area contributed by atoms with Gasteiger partial charge in [0, 0.05) is 24.7 Å². The van der Waals surface area contributed by atoms with Crippen LogP contribution in [0.25, 0.3) is 0 Å². The Bertz CT molecular complexity index is 626. The highest BCUT2D eigenvalue weighted by Crippen LogP contribution is 2.28. The average Bonchev–Trinajstić information content (AvgIpc) is 2.53. The third-order valence-corrected chi connectivity index (χ3v) is 3.90. The van der Waals surface area contributed by atoms with Crippen LogP contribution in [0.5, 0.6) is 5.75 Å². The van der Waals surface area contributed by atoms with Gasteiger partial charge < -0.3 is 4.74 Å². The molecule has 1 saturated heterocycles. The van der Waals surface area contributed by atoms with E-state index in [9.17, 15) is 8.78 Å². The van der Waals surface area contributed by atoms with Gasteiger partial charge in [0.15, 0.2) is 6.23 Å². The molecule has 3 rings (SSSR count). The first-order valence-electron chi connectivity index (χ1n) is 7.64. The van der Waals surface area contributed by atoms with Crippen LogP contribution in [0.1, 0.15) is 31.1 Å². The Kier molecular flexibility index (Phi) is 4.68. The van der Waals surface area contributed by atoms with Crippen molar-refractivity contribution in [2.24, 2.45) is 0 Å². The molecule has 0 N–H and O–H groups in total. The van der Waals surface area contributed by atoms with Crippen molar-refractivity contribution in [2.45, 2.75) is 25.5 Å². The van der Waals surface area contributed by atoms with Crippen molar-refractivity contribution in [3.63, 3.8) is 0 Å². The van der Waals surface area contributed by atoms with Gasteiger partial charge in [-0.1, -0.05) is 24.6 Å². The number of likely N-dealkylation sites (tertiary alicyclic amines) is 1. The Morgan fingerprint density at radius 1 is 0.864 bits per heavy atom. The molecule has 4 heteroatoms. The van der Waals surface area contributed by atoms with Crippen LogP contribution in [0, 0.1) is 11.6 Å². The summed E-state index contributed by atoms with van der Waals surface area (Å²) in [5, 5.41) is 0. The van der Waals surface area contributed by atoms with Gasteiger partial charge in [0.25, 0.3) is 0 Å². The van der Waals surface area contributed by atoms with E-state index in [1.54, 1.807) is 18.2 Å². The summed E-state index contributed by atoms with van der Waals surface area (Å²) in [6, 6.07) is 12.5. The molecule has 0 amide bonds. The van der Waals surface area contributed by atoms with Crippen LogP contribution < -0.4 is 4.74 Å². The molecule has 0 spiro atoms. The topological polar surface area (TPSA) is 12.5 Å². The van der Waals surface area contributed by atoms with Gasteiger partial charge in [0.1, 0.15) is 17.4 Å². The van der Waals surface area contributed by atoms with Crippen LogP contribution >= 0.6 is 0 Å². The van der Waals surface area contributed by atoms with Crippen molar-refractivity contribution in [3.05, 3.63) is 65.7 Å². The highest BCUT2D eigenvalue weighted by atomic mass is 19.1. The van der Waals surface area contributed by atoms with E-state index in [0.717, 1.165) is 31.5 Å². The van der Waals surface area contributed by atoms with Crippen LogP contribution in [-0.4, -0.2) is 18.0 Å². The fourth-order valence-electron chi connectivity index (χ4n) is 2.84. The molecule has 2 aromatic rings. The van der Waals surface area contributed by atoms with Gasteiger partial charge in [0.2, 0.25) is 0 Å². The Hall–Kier alpha value is -1.94.